The van der Waals surface area contributed by atoms with Crippen LogP contribution in [0.25, 0.3) is 28.4 Å². The molecule has 1 N–H and O–H groups in total. The first-order valence-corrected chi connectivity index (χ1v) is 17.9. The molecule has 0 spiro atoms. The number of nitrogens with zero attached hydrogens (tertiary/aromatic N) is 1. The van der Waals surface area contributed by atoms with E-state index in [0.717, 1.165) is 50.0 Å². The molecule has 248 valence electrons. The number of amides is 1. The molecule has 1 aromatic heterocycles. The number of rotatable bonds is 11. The van der Waals surface area contributed by atoms with Gasteiger partial charge in [0.1, 0.15) is 17.1 Å². The van der Waals surface area contributed by atoms with Gasteiger partial charge in [-0.25, -0.2) is 8.42 Å². The Balaban J connectivity index is 1.18. The lowest BCUT2D eigenvalue weighted by Crippen LogP contribution is -2.36. The number of furan rings is 1. The molecule has 6 rings (SSSR count). The number of hydrogen-bond acceptors (Lipinski definition) is 8. The van der Waals surface area contributed by atoms with Crippen LogP contribution in [0.4, 0.5) is 5.69 Å². The number of benzene rings is 3. The van der Waals surface area contributed by atoms with Crippen LogP contribution in [0.5, 0.6) is 5.75 Å². The summed E-state index contributed by atoms with van der Waals surface area (Å²) in [6, 6.07) is 20.9. The van der Waals surface area contributed by atoms with Gasteiger partial charge in [0.25, 0.3) is 5.91 Å². The van der Waals surface area contributed by atoms with Gasteiger partial charge in [0.15, 0.2) is 16.1 Å². The summed E-state index contributed by atoms with van der Waals surface area (Å²) < 4.78 is 49.6. The second-order valence-electron chi connectivity index (χ2n) is 12.3. The summed E-state index contributed by atoms with van der Waals surface area (Å²) in [7, 11) is -1.46. The normalized spacial score (nSPS) is 17.1. The summed E-state index contributed by atoms with van der Waals surface area (Å²) in [6.07, 6.45) is 4.37. The lowest BCUT2D eigenvalue weighted by Gasteiger charge is -2.31. The average molecular weight is 659 g/mol. The van der Waals surface area contributed by atoms with Crippen molar-refractivity contribution in [1.29, 1.82) is 0 Å². The molecule has 1 unspecified atom stereocenters. The maximum Gasteiger partial charge on any atom is 0.251 e. The molecule has 4 aromatic rings. The van der Waals surface area contributed by atoms with E-state index in [0.29, 0.717) is 52.1 Å². The van der Waals surface area contributed by atoms with Crippen LogP contribution in [-0.4, -0.2) is 64.2 Å². The predicted molar refractivity (Wildman–Crippen MR) is 183 cm³/mol. The van der Waals surface area contributed by atoms with Gasteiger partial charge in [0.05, 0.1) is 17.3 Å². The van der Waals surface area contributed by atoms with Crippen molar-refractivity contribution in [2.45, 2.75) is 63.3 Å². The Morgan fingerprint density at radius 2 is 1.83 bits per heavy atom. The SMILES string of the molecule is CCCOC(C)Oc1ccc2cc(-c3ccc4c(c3)C=C(C(=O)Nc3ccc(CN(C)C5CCOCC5)cc3)CCS4(=O)=O)oc2c1. The fourth-order valence-corrected chi connectivity index (χ4v) is 7.54. The van der Waals surface area contributed by atoms with Gasteiger partial charge >= 0.3 is 0 Å². The van der Waals surface area contributed by atoms with Gasteiger partial charge in [0.2, 0.25) is 0 Å². The smallest absolute Gasteiger partial charge is 0.251 e. The predicted octanol–water partition coefficient (Wildman–Crippen LogP) is 7.06. The number of sulfone groups is 1. The third-order valence-electron chi connectivity index (χ3n) is 8.70. The molecule has 0 radical (unpaired) electrons. The molecule has 2 aliphatic rings. The first kappa shape index (κ1) is 33.0. The highest BCUT2D eigenvalue weighted by atomic mass is 32.2. The Bertz CT molecular complexity index is 1860. The Labute approximate surface area is 276 Å². The van der Waals surface area contributed by atoms with Crippen LogP contribution in [0.1, 0.15) is 50.7 Å². The van der Waals surface area contributed by atoms with Crippen molar-refractivity contribution in [3.8, 4) is 17.1 Å². The fraction of sp³-hybridized carbons (Fsp3) is 0.378. The second kappa shape index (κ2) is 14.4. The number of nitrogens with one attached hydrogen (secondary N) is 1. The lowest BCUT2D eigenvalue weighted by molar-refractivity contribution is -0.112. The quantitative estimate of drug-likeness (QED) is 0.171. The Morgan fingerprint density at radius 1 is 1.04 bits per heavy atom. The van der Waals surface area contributed by atoms with Crippen LogP contribution in [0.3, 0.4) is 0 Å². The molecule has 1 atom stereocenters. The minimum absolute atomic E-state index is 0.111. The summed E-state index contributed by atoms with van der Waals surface area (Å²) >= 11 is 0. The van der Waals surface area contributed by atoms with Gasteiger partial charge in [-0.3, -0.25) is 9.69 Å². The molecule has 1 fully saturated rings. The van der Waals surface area contributed by atoms with E-state index in [4.69, 9.17) is 18.6 Å². The molecular weight excluding hydrogens is 616 g/mol. The molecule has 3 heterocycles. The van der Waals surface area contributed by atoms with Crippen LogP contribution in [-0.2, 0) is 30.7 Å². The third kappa shape index (κ3) is 7.96. The molecule has 47 heavy (non-hydrogen) atoms. The lowest BCUT2D eigenvalue weighted by atomic mass is 10.0. The first-order valence-electron chi connectivity index (χ1n) is 16.3. The van der Waals surface area contributed by atoms with E-state index in [1.54, 1.807) is 24.3 Å². The molecule has 3 aromatic carbocycles. The standard InChI is InChI=1S/C37H42N2O7S/c1-4-16-44-25(2)45-33-11-7-28-22-34(46-35(28)23-33)27-8-12-36-30(20-27)21-29(15-19-47(36,41)42)37(40)38-31-9-5-26(6-10-31)24-39(3)32-13-17-43-18-14-32/h5-12,20-23,25,32H,4,13-19,24H2,1-3H3,(H,38,40). The zero-order valence-electron chi connectivity index (χ0n) is 27.2. The molecule has 1 saturated heterocycles. The zero-order valence-corrected chi connectivity index (χ0v) is 28.0. The number of fused-ring (bicyclic) bond motifs is 2. The van der Waals surface area contributed by atoms with Crippen molar-refractivity contribution in [3.05, 3.63) is 83.4 Å². The van der Waals surface area contributed by atoms with E-state index in [9.17, 15) is 13.2 Å². The molecule has 10 heteroatoms. The van der Waals surface area contributed by atoms with Gasteiger partial charge < -0.3 is 23.9 Å². The molecule has 0 aliphatic carbocycles. The van der Waals surface area contributed by atoms with E-state index >= 15 is 0 Å². The molecule has 2 aliphatic heterocycles. The van der Waals surface area contributed by atoms with Crippen molar-refractivity contribution < 1.29 is 31.8 Å². The molecule has 9 nitrogen and oxygen atoms in total. The highest BCUT2D eigenvalue weighted by Crippen LogP contribution is 2.35. The number of carbonyl (C=O) groups excluding carboxylic acids is 1. The Hall–Kier alpha value is -3.96. The Morgan fingerprint density at radius 3 is 2.60 bits per heavy atom. The van der Waals surface area contributed by atoms with E-state index in [-0.39, 0.29) is 29.3 Å². The van der Waals surface area contributed by atoms with Gasteiger partial charge in [-0.05, 0) is 105 Å². The topological polar surface area (TPSA) is 107 Å². The minimum atomic E-state index is -3.60. The molecule has 0 saturated carbocycles. The van der Waals surface area contributed by atoms with Gasteiger partial charge in [0, 0.05) is 54.1 Å². The van der Waals surface area contributed by atoms with Gasteiger partial charge in [-0.15, -0.1) is 0 Å². The molecule has 1 amide bonds. The summed E-state index contributed by atoms with van der Waals surface area (Å²) in [6.45, 7) is 6.92. The highest BCUT2D eigenvalue weighted by molar-refractivity contribution is 7.91. The number of carbonyl (C=O) groups is 1. The largest absolute Gasteiger partial charge is 0.465 e. The maximum atomic E-state index is 13.4. The van der Waals surface area contributed by atoms with Crippen LogP contribution in [0.2, 0.25) is 0 Å². The van der Waals surface area contributed by atoms with Crippen LogP contribution >= 0.6 is 0 Å². The van der Waals surface area contributed by atoms with Crippen molar-refractivity contribution in [3.63, 3.8) is 0 Å². The van der Waals surface area contributed by atoms with Crippen molar-refractivity contribution >= 4 is 38.5 Å². The van der Waals surface area contributed by atoms with Crippen LogP contribution in [0, 0.1) is 0 Å². The summed E-state index contributed by atoms with van der Waals surface area (Å²) in [5, 5.41) is 3.85. The fourth-order valence-electron chi connectivity index (χ4n) is 6.08. The van der Waals surface area contributed by atoms with E-state index < -0.39 is 9.84 Å². The van der Waals surface area contributed by atoms with Crippen molar-refractivity contribution in [1.82, 2.24) is 4.90 Å². The Kier molecular flexibility index (Phi) is 10.1. The van der Waals surface area contributed by atoms with Gasteiger partial charge in [-0.2, -0.15) is 0 Å². The summed E-state index contributed by atoms with van der Waals surface area (Å²) in [5.41, 5.74) is 4.02. The second-order valence-corrected chi connectivity index (χ2v) is 14.3. The van der Waals surface area contributed by atoms with Crippen molar-refractivity contribution in [2.24, 2.45) is 0 Å². The average Bonchev–Trinajstić information content (AvgIpc) is 3.44. The van der Waals surface area contributed by atoms with E-state index in [1.807, 2.05) is 62.4 Å². The number of ether oxygens (including phenoxy) is 3. The highest BCUT2D eigenvalue weighted by Gasteiger charge is 2.26. The number of hydrogen-bond donors (Lipinski definition) is 1. The summed E-state index contributed by atoms with van der Waals surface area (Å²) in [5.74, 6) is 0.743. The molecular formula is C37H42N2O7S. The first-order chi connectivity index (χ1) is 22.7. The van der Waals surface area contributed by atoms with E-state index in [2.05, 4.69) is 17.3 Å². The summed E-state index contributed by atoms with van der Waals surface area (Å²) in [4.78, 5) is 16.0. The third-order valence-corrected chi connectivity index (χ3v) is 10.5. The zero-order chi connectivity index (χ0) is 33.0. The van der Waals surface area contributed by atoms with E-state index in [1.165, 1.54) is 0 Å². The maximum absolute atomic E-state index is 13.4. The van der Waals surface area contributed by atoms with Gasteiger partial charge in [-0.1, -0.05) is 19.1 Å². The minimum Gasteiger partial charge on any atom is -0.465 e. The van der Waals surface area contributed by atoms with Crippen LogP contribution < -0.4 is 10.1 Å². The molecule has 0 bridgehead atoms. The monoisotopic (exact) mass is 658 g/mol. The van der Waals surface area contributed by atoms with Crippen molar-refractivity contribution in [2.75, 3.05) is 37.9 Å². The van der Waals surface area contributed by atoms with Crippen LogP contribution in [0.15, 0.2) is 81.6 Å². The number of anilines is 1.